The van der Waals surface area contributed by atoms with E-state index in [9.17, 15) is 4.57 Å². The zero-order valence-corrected chi connectivity index (χ0v) is 11.9. The first kappa shape index (κ1) is 16.7. The van der Waals surface area contributed by atoms with Crippen LogP contribution in [0.3, 0.4) is 0 Å². The molecule has 1 atom stereocenters. The van der Waals surface area contributed by atoms with Gasteiger partial charge >= 0.3 is 7.60 Å². The molecule has 0 fully saturated rings. The highest BCUT2D eigenvalue weighted by molar-refractivity contribution is 7.54. The normalized spacial score (nSPS) is 14.0. The van der Waals surface area contributed by atoms with Crippen LogP contribution in [0.2, 0.25) is 0 Å². The SMILES string of the molecule is CCCCC(N)P(=O)(OCCCl)OCCCl. The van der Waals surface area contributed by atoms with Gasteiger partial charge in [-0.05, 0) is 6.42 Å². The molecule has 0 amide bonds. The quantitative estimate of drug-likeness (QED) is 0.496. The highest BCUT2D eigenvalue weighted by Crippen LogP contribution is 2.52. The topological polar surface area (TPSA) is 61.6 Å². The summed E-state index contributed by atoms with van der Waals surface area (Å²) in [5.41, 5.74) is 5.82. The Morgan fingerprint density at radius 2 is 1.75 bits per heavy atom. The molecular weight excluding hydrogens is 272 g/mol. The fourth-order valence-corrected chi connectivity index (χ4v) is 3.14. The minimum absolute atomic E-state index is 0.168. The second-order valence-corrected chi connectivity index (χ2v) is 6.31. The van der Waals surface area contributed by atoms with Crippen molar-refractivity contribution in [3.8, 4) is 0 Å². The summed E-state index contributed by atoms with van der Waals surface area (Å²) in [6.45, 7) is 2.37. The molecule has 16 heavy (non-hydrogen) atoms. The Balaban J connectivity index is 4.31. The predicted molar refractivity (Wildman–Crippen MR) is 68.5 cm³/mol. The Labute approximate surface area is 107 Å². The number of halogens is 2. The number of hydrogen-bond acceptors (Lipinski definition) is 4. The number of unbranched alkanes of at least 4 members (excludes halogenated alkanes) is 1. The van der Waals surface area contributed by atoms with Gasteiger partial charge in [0.25, 0.3) is 0 Å². The van der Waals surface area contributed by atoms with Gasteiger partial charge < -0.3 is 14.8 Å². The smallest absolute Gasteiger partial charge is 0.318 e. The Bertz CT molecular complexity index is 207. The van der Waals surface area contributed by atoms with Crippen molar-refractivity contribution in [3.63, 3.8) is 0 Å². The van der Waals surface area contributed by atoms with Gasteiger partial charge in [0.1, 0.15) is 5.78 Å². The van der Waals surface area contributed by atoms with Gasteiger partial charge in [-0.25, -0.2) is 0 Å². The summed E-state index contributed by atoms with van der Waals surface area (Å²) in [7, 11) is -3.26. The third-order valence-electron chi connectivity index (χ3n) is 1.96. The largest absolute Gasteiger partial charge is 0.347 e. The molecule has 0 aliphatic rings. The molecule has 0 radical (unpaired) electrons. The molecule has 0 saturated heterocycles. The summed E-state index contributed by atoms with van der Waals surface area (Å²) in [6.07, 6.45) is 2.48. The van der Waals surface area contributed by atoms with Crippen LogP contribution >= 0.6 is 30.8 Å². The number of hydrogen-bond donors (Lipinski definition) is 1. The van der Waals surface area contributed by atoms with Crippen LogP contribution in [0.4, 0.5) is 0 Å². The summed E-state index contributed by atoms with van der Waals surface area (Å²) in [4.78, 5) is 0. The van der Waals surface area contributed by atoms with E-state index in [1.807, 2.05) is 6.92 Å². The molecule has 0 heterocycles. The highest BCUT2D eigenvalue weighted by Gasteiger charge is 2.32. The molecule has 0 aromatic carbocycles. The maximum Gasteiger partial charge on any atom is 0.347 e. The maximum absolute atomic E-state index is 12.3. The van der Waals surface area contributed by atoms with E-state index in [1.54, 1.807) is 0 Å². The van der Waals surface area contributed by atoms with Crippen LogP contribution in [0.15, 0.2) is 0 Å². The lowest BCUT2D eigenvalue weighted by atomic mass is 10.2. The van der Waals surface area contributed by atoms with Gasteiger partial charge in [0.2, 0.25) is 0 Å². The molecule has 0 aliphatic carbocycles. The Hall–Kier alpha value is 0.690. The lowest BCUT2D eigenvalue weighted by Gasteiger charge is -2.23. The van der Waals surface area contributed by atoms with E-state index in [-0.39, 0.29) is 25.0 Å². The average Bonchev–Trinajstić information content (AvgIpc) is 2.30. The first-order valence-electron chi connectivity index (χ1n) is 5.37. The van der Waals surface area contributed by atoms with Gasteiger partial charge in [-0.1, -0.05) is 19.8 Å². The molecule has 4 nitrogen and oxygen atoms in total. The maximum atomic E-state index is 12.3. The number of alkyl halides is 2. The Morgan fingerprint density at radius 3 is 2.12 bits per heavy atom. The first-order valence-corrected chi connectivity index (χ1v) is 8.05. The zero-order valence-electron chi connectivity index (χ0n) is 9.53. The molecule has 98 valence electrons. The van der Waals surface area contributed by atoms with E-state index in [0.29, 0.717) is 6.42 Å². The van der Waals surface area contributed by atoms with Gasteiger partial charge in [0, 0.05) is 11.8 Å². The molecule has 0 bridgehead atoms. The van der Waals surface area contributed by atoms with E-state index in [4.69, 9.17) is 38.0 Å². The van der Waals surface area contributed by atoms with Gasteiger partial charge in [0.05, 0.1) is 13.2 Å². The highest BCUT2D eigenvalue weighted by atomic mass is 35.5. The number of nitrogens with two attached hydrogens (primary N) is 1. The monoisotopic (exact) mass is 291 g/mol. The van der Waals surface area contributed by atoms with Crippen LogP contribution in [0.25, 0.3) is 0 Å². The van der Waals surface area contributed by atoms with E-state index < -0.39 is 13.4 Å². The molecule has 0 aliphatic heterocycles. The minimum Gasteiger partial charge on any atom is -0.318 e. The van der Waals surface area contributed by atoms with E-state index in [2.05, 4.69) is 0 Å². The molecule has 0 aromatic rings. The predicted octanol–water partition coefficient (Wildman–Crippen LogP) is 3.17. The van der Waals surface area contributed by atoms with Gasteiger partial charge in [0.15, 0.2) is 0 Å². The second-order valence-electron chi connectivity index (χ2n) is 3.29. The molecule has 0 rings (SSSR count). The van der Waals surface area contributed by atoms with Crippen molar-refractivity contribution < 1.29 is 13.6 Å². The lowest BCUT2D eigenvalue weighted by Crippen LogP contribution is -2.23. The van der Waals surface area contributed by atoms with Gasteiger partial charge in [-0.15, -0.1) is 23.2 Å². The van der Waals surface area contributed by atoms with Crippen molar-refractivity contribution in [2.45, 2.75) is 32.0 Å². The van der Waals surface area contributed by atoms with Crippen molar-refractivity contribution in [2.24, 2.45) is 5.73 Å². The molecule has 7 heteroatoms. The molecule has 1 unspecified atom stereocenters. The van der Waals surface area contributed by atoms with Crippen LogP contribution < -0.4 is 5.73 Å². The van der Waals surface area contributed by atoms with Crippen molar-refractivity contribution in [1.29, 1.82) is 0 Å². The van der Waals surface area contributed by atoms with Crippen LogP contribution in [-0.4, -0.2) is 30.8 Å². The Morgan fingerprint density at radius 1 is 1.25 bits per heavy atom. The van der Waals surface area contributed by atoms with Crippen molar-refractivity contribution in [1.82, 2.24) is 0 Å². The van der Waals surface area contributed by atoms with Crippen LogP contribution in [0.5, 0.6) is 0 Å². The summed E-state index contributed by atoms with van der Waals surface area (Å²) in [5, 5.41) is 0. The third kappa shape index (κ3) is 6.43. The summed E-state index contributed by atoms with van der Waals surface area (Å²) in [6, 6.07) is 0. The average molecular weight is 292 g/mol. The number of rotatable bonds is 10. The molecule has 0 spiro atoms. The second kappa shape index (κ2) is 9.69. The van der Waals surface area contributed by atoms with Gasteiger partial charge in [-0.3, -0.25) is 4.57 Å². The fourth-order valence-electron chi connectivity index (χ4n) is 1.12. The van der Waals surface area contributed by atoms with Crippen LogP contribution in [-0.2, 0) is 13.6 Å². The minimum atomic E-state index is -3.26. The molecular formula is C9H20Cl2NO3P. The molecule has 2 N–H and O–H groups in total. The Kier molecular flexibility index (Phi) is 10.1. The van der Waals surface area contributed by atoms with Crippen molar-refractivity contribution in [3.05, 3.63) is 0 Å². The van der Waals surface area contributed by atoms with E-state index >= 15 is 0 Å². The zero-order chi connectivity index (χ0) is 12.4. The van der Waals surface area contributed by atoms with Crippen molar-refractivity contribution >= 4 is 30.8 Å². The molecule has 0 aromatic heterocycles. The summed E-state index contributed by atoms with van der Waals surface area (Å²) in [5.74, 6) is -0.0809. The van der Waals surface area contributed by atoms with Crippen LogP contribution in [0, 0.1) is 0 Å². The van der Waals surface area contributed by atoms with E-state index in [1.165, 1.54) is 0 Å². The first-order chi connectivity index (χ1) is 7.60. The fraction of sp³-hybridized carbons (Fsp3) is 1.00. The van der Waals surface area contributed by atoms with Crippen LogP contribution in [0.1, 0.15) is 26.2 Å². The van der Waals surface area contributed by atoms with Crippen molar-refractivity contribution in [2.75, 3.05) is 25.0 Å². The summed E-state index contributed by atoms with van der Waals surface area (Å²) >= 11 is 11.0. The van der Waals surface area contributed by atoms with Gasteiger partial charge in [-0.2, -0.15) is 0 Å². The lowest BCUT2D eigenvalue weighted by molar-refractivity contribution is 0.212. The van der Waals surface area contributed by atoms with E-state index in [0.717, 1.165) is 12.8 Å². The summed E-state index contributed by atoms with van der Waals surface area (Å²) < 4.78 is 22.6. The molecule has 0 saturated carbocycles. The standard InChI is InChI=1S/C9H20Cl2NO3P/c1-2-3-4-9(12)16(13,14-7-5-10)15-8-6-11/h9H,2-8,12H2,1H3. The third-order valence-corrected chi connectivity index (χ3v) is 4.42.